The van der Waals surface area contributed by atoms with E-state index in [-0.39, 0.29) is 5.78 Å². The second-order valence-electron chi connectivity index (χ2n) is 3.27. The van der Waals surface area contributed by atoms with Crippen molar-refractivity contribution in [2.24, 2.45) is 0 Å². The minimum Gasteiger partial charge on any atom is -0.383 e. The van der Waals surface area contributed by atoms with Crippen LogP contribution < -0.4 is 0 Å². The number of carbonyl (C=O) groups excluding carboxylic acids is 1. The van der Waals surface area contributed by atoms with Gasteiger partial charge in [0.1, 0.15) is 0 Å². The largest absolute Gasteiger partial charge is 0.383 e. The van der Waals surface area contributed by atoms with Crippen LogP contribution in [0.15, 0.2) is 34.9 Å². The first-order chi connectivity index (χ1) is 7.00. The van der Waals surface area contributed by atoms with Crippen molar-refractivity contribution < 1.29 is 4.79 Å². The van der Waals surface area contributed by atoms with Crippen LogP contribution in [0.25, 0.3) is 0 Å². The fourth-order valence-corrected chi connectivity index (χ4v) is 1.87. The van der Waals surface area contributed by atoms with Crippen LogP contribution >= 0.6 is 27.5 Å². The average Bonchev–Trinajstić information content (AvgIpc) is 2.14. The maximum Gasteiger partial charge on any atom is 0.188 e. The summed E-state index contributed by atoms with van der Waals surface area (Å²) in [6, 6.07) is 5.11. The molecule has 1 rings (SSSR count). The van der Waals surface area contributed by atoms with Crippen LogP contribution in [0.4, 0.5) is 0 Å². The Hall–Kier alpha value is -0.800. The molecule has 15 heavy (non-hydrogen) atoms. The van der Waals surface area contributed by atoms with E-state index in [2.05, 4.69) is 15.9 Å². The summed E-state index contributed by atoms with van der Waals surface area (Å²) >= 11 is 9.08. The lowest BCUT2D eigenvalue weighted by Gasteiger charge is -2.04. The van der Waals surface area contributed by atoms with Gasteiger partial charge in [0.05, 0.1) is 0 Å². The zero-order valence-electron chi connectivity index (χ0n) is 8.50. The normalized spacial score (nSPS) is 10.7. The van der Waals surface area contributed by atoms with Gasteiger partial charge in [-0.05, 0) is 34.1 Å². The molecule has 0 atom stereocenters. The number of hydrogen-bond acceptors (Lipinski definition) is 2. The van der Waals surface area contributed by atoms with Crippen LogP contribution in [0.1, 0.15) is 10.4 Å². The van der Waals surface area contributed by atoms with Crippen molar-refractivity contribution >= 4 is 33.3 Å². The van der Waals surface area contributed by atoms with Crippen LogP contribution in [0, 0.1) is 0 Å². The molecule has 0 aliphatic carbocycles. The van der Waals surface area contributed by atoms with Crippen LogP contribution in [0.2, 0.25) is 5.02 Å². The van der Waals surface area contributed by atoms with Crippen molar-refractivity contribution in [2.45, 2.75) is 0 Å². The summed E-state index contributed by atoms with van der Waals surface area (Å²) in [6.07, 6.45) is 3.23. The fraction of sp³-hybridized carbons (Fsp3) is 0.182. The van der Waals surface area contributed by atoms with E-state index in [1.165, 1.54) is 6.08 Å². The van der Waals surface area contributed by atoms with E-state index in [1.54, 1.807) is 24.4 Å². The molecule has 80 valence electrons. The lowest BCUT2D eigenvalue weighted by Crippen LogP contribution is -2.03. The predicted octanol–water partition coefficient (Wildman–Crippen LogP) is 3.36. The third kappa shape index (κ3) is 3.68. The van der Waals surface area contributed by atoms with Crippen molar-refractivity contribution in [3.8, 4) is 0 Å². The number of halogens is 2. The van der Waals surface area contributed by atoms with Gasteiger partial charge >= 0.3 is 0 Å². The van der Waals surface area contributed by atoms with Crippen molar-refractivity contribution in [3.05, 3.63) is 45.5 Å². The third-order valence-electron chi connectivity index (χ3n) is 1.72. The molecule has 0 bridgehead atoms. The Morgan fingerprint density at radius 2 is 2.13 bits per heavy atom. The molecular weight excluding hydrogens is 277 g/mol. The molecule has 1 aromatic carbocycles. The average molecular weight is 289 g/mol. The van der Waals surface area contributed by atoms with Gasteiger partial charge in [-0.25, -0.2) is 0 Å². The first-order valence-corrected chi connectivity index (χ1v) is 5.52. The Bertz CT molecular complexity index is 402. The van der Waals surface area contributed by atoms with Crippen molar-refractivity contribution in [1.29, 1.82) is 0 Å². The zero-order valence-corrected chi connectivity index (χ0v) is 10.8. The summed E-state index contributed by atoms with van der Waals surface area (Å²) in [4.78, 5) is 13.5. The van der Waals surface area contributed by atoms with Crippen molar-refractivity contribution in [1.82, 2.24) is 4.90 Å². The molecule has 0 heterocycles. The summed E-state index contributed by atoms with van der Waals surface area (Å²) in [5.41, 5.74) is 0.609. The van der Waals surface area contributed by atoms with Crippen LogP contribution in [-0.2, 0) is 0 Å². The van der Waals surface area contributed by atoms with E-state index in [9.17, 15) is 4.79 Å². The number of benzene rings is 1. The highest BCUT2D eigenvalue weighted by Crippen LogP contribution is 2.22. The lowest BCUT2D eigenvalue weighted by molar-refractivity contribution is 0.104. The molecule has 0 saturated carbocycles. The number of rotatable bonds is 3. The lowest BCUT2D eigenvalue weighted by atomic mass is 10.1. The number of allylic oxidation sites excluding steroid dienone is 1. The Kier molecular flexibility index (Phi) is 4.36. The van der Waals surface area contributed by atoms with Gasteiger partial charge in [0.25, 0.3) is 0 Å². The molecule has 0 saturated heterocycles. The van der Waals surface area contributed by atoms with E-state index in [4.69, 9.17) is 11.6 Å². The highest BCUT2D eigenvalue weighted by molar-refractivity contribution is 9.10. The Labute approximate surface area is 103 Å². The first kappa shape index (κ1) is 12.3. The van der Waals surface area contributed by atoms with E-state index < -0.39 is 0 Å². The fourth-order valence-electron chi connectivity index (χ4n) is 0.996. The summed E-state index contributed by atoms with van der Waals surface area (Å²) in [7, 11) is 3.72. The Morgan fingerprint density at radius 1 is 1.47 bits per heavy atom. The summed E-state index contributed by atoms with van der Waals surface area (Å²) < 4.78 is 0.711. The molecule has 2 nitrogen and oxygen atoms in total. The monoisotopic (exact) mass is 287 g/mol. The number of carbonyl (C=O) groups is 1. The van der Waals surface area contributed by atoms with Gasteiger partial charge in [-0.2, -0.15) is 0 Å². The minimum atomic E-state index is -0.0489. The maximum atomic E-state index is 11.7. The molecule has 0 spiro atoms. The van der Waals surface area contributed by atoms with E-state index in [1.807, 2.05) is 19.0 Å². The van der Waals surface area contributed by atoms with Crippen molar-refractivity contribution in [2.75, 3.05) is 14.1 Å². The molecule has 0 fully saturated rings. The summed E-state index contributed by atoms with van der Waals surface area (Å²) in [5.74, 6) is -0.0489. The molecule has 0 amide bonds. The molecular formula is C11H11BrClNO. The summed E-state index contributed by atoms with van der Waals surface area (Å²) in [5, 5.41) is 0.606. The van der Waals surface area contributed by atoms with E-state index in [0.717, 1.165) is 0 Å². The zero-order chi connectivity index (χ0) is 11.4. The number of ketones is 1. The Morgan fingerprint density at radius 3 is 2.67 bits per heavy atom. The topological polar surface area (TPSA) is 20.3 Å². The molecule has 0 aromatic heterocycles. The van der Waals surface area contributed by atoms with E-state index >= 15 is 0 Å². The highest BCUT2D eigenvalue weighted by atomic mass is 79.9. The quantitative estimate of drug-likeness (QED) is 0.628. The molecule has 0 unspecified atom stereocenters. The second kappa shape index (κ2) is 5.33. The highest BCUT2D eigenvalue weighted by Gasteiger charge is 2.06. The van der Waals surface area contributed by atoms with Crippen LogP contribution in [0.5, 0.6) is 0 Å². The van der Waals surface area contributed by atoms with Crippen molar-refractivity contribution in [3.63, 3.8) is 0 Å². The minimum absolute atomic E-state index is 0.0489. The molecule has 0 aliphatic rings. The SMILES string of the molecule is CN(C)/C=C/C(=O)c1ccc(Cl)cc1Br. The van der Waals surface area contributed by atoms with Gasteiger partial charge in [-0.1, -0.05) is 11.6 Å². The molecule has 0 N–H and O–H groups in total. The molecule has 0 radical (unpaired) electrons. The van der Waals surface area contributed by atoms with Gasteiger partial charge in [0.2, 0.25) is 0 Å². The smallest absolute Gasteiger partial charge is 0.188 e. The second-order valence-corrected chi connectivity index (χ2v) is 4.56. The van der Waals surface area contributed by atoms with Gasteiger partial charge in [0, 0.05) is 41.4 Å². The van der Waals surface area contributed by atoms with Gasteiger partial charge in [0.15, 0.2) is 5.78 Å². The third-order valence-corrected chi connectivity index (χ3v) is 2.61. The van der Waals surface area contributed by atoms with E-state index in [0.29, 0.717) is 15.1 Å². The molecule has 0 aliphatic heterocycles. The number of nitrogens with zero attached hydrogens (tertiary/aromatic N) is 1. The first-order valence-electron chi connectivity index (χ1n) is 4.34. The predicted molar refractivity (Wildman–Crippen MR) is 66.3 cm³/mol. The van der Waals surface area contributed by atoms with Crippen LogP contribution in [0.3, 0.4) is 0 Å². The molecule has 1 aromatic rings. The Balaban J connectivity index is 2.92. The maximum absolute atomic E-state index is 11.7. The van der Waals surface area contributed by atoms with Gasteiger partial charge < -0.3 is 4.90 Å². The number of hydrogen-bond donors (Lipinski definition) is 0. The standard InChI is InChI=1S/C11H11BrClNO/c1-14(2)6-5-11(15)9-4-3-8(13)7-10(9)12/h3-7H,1-2H3/b6-5+. The van der Waals surface area contributed by atoms with Gasteiger partial charge in [-0.3, -0.25) is 4.79 Å². The van der Waals surface area contributed by atoms with Gasteiger partial charge in [-0.15, -0.1) is 0 Å². The summed E-state index contributed by atoms with van der Waals surface area (Å²) in [6.45, 7) is 0. The molecule has 4 heteroatoms. The van der Waals surface area contributed by atoms with Crippen LogP contribution in [-0.4, -0.2) is 24.8 Å².